The van der Waals surface area contributed by atoms with Crippen molar-refractivity contribution in [2.75, 3.05) is 26.2 Å². The van der Waals surface area contributed by atoms with Gasteiger partial charge in [-0.15, -0.1) is 0 Å². The van der Waals surface area contributed by atoms with Gasteiger partial charge in [0.25, 0.3) is 0 Å². The Hall–Kier alpha value is -3.53. The molecule has 4 aromatic rings. The molecule has 2 heterocycles. The zero-order valence-corrected chi connectivity index (χ0v) is 19.7. The van der Waals surface area contributed by atoms with Crippen molar-refractivity contribution < 1.29 is 14.6 Å². The van der Waals surface area contributed by atoms with E-state index in [0.29, 0.717) is 23.7 Å². The summed E-state index contributed by atoms with van der Waals surface area (Å²) in [6, 6.07) is 19.0. The number of nitrogens with zero attached hydrogens (tertiary/aromatic N) is 2. The van der Waals surface area contributed by atoms with Gasteiger partial charge in [0, 0.05) is 33.8 Å². The molecule has 0 atom stereocenters. The summed E-state index contributed by atoms with van der Waals surface area (Å²) in [7, 11) is 0. The summed E-state index contributed by atoms with van der Waals surface area (Å²) in [5, 5.41) is 25.0. The number of hydrogen-bond acceptors (Lipinski definition) is 6. The quantitative estimate of drug-likeness (QED) is 0.322. The fourth-order valence-corrected chi connectivity index (χ4v) is 5.17. The molecule has 1 fully saturated rings. The Kier molecular flexibility index (Phi) is 6.66. The predicted molar refractivity (Wildman–Crippen MR) is 136 cm³/mol. The highest BCUT2D eigenvalue weighted by atomic mass is 32.1. The van der Waals surface area contributed by atoms with E-state index in [4.69, 9.17) is 9.47 Å². The maximum absolute atomic E-state index is 9.93. The van der Waals surface area contributed by atoms with Crippen LogP contribution in [0, 0.1) is 11.3 Å². The first-order valence-corrected chi connectivity index (χ1v) is 12.5. The van der Waals surface area contributed by atoms with Crippen molar-refractivity contribution in [3.63, 3.8) is 0 Å². The Morgan fingerprint density at radius 2 is 1.71 bits per heavy atom. The van der Waals surface area contributed by atoms with Gasteiger partial charge in [-0.05, 0) is 79.8 Å². The Labute approximate surface area is 203 Å². The van der Waals surface area contributed by atoms with Crippen molar-refractivity contribution in [3.8, 4) is 40.2 Å². The molecule has 0 aliphatic carbocycles. The van der Waals surface area contributed by atoms with E-state index < -0.39 is 0 Å². The van der Waals surface area contributed by atoms with Crippen LogP contribution in [0.1, 0.15) is 24.8 Å². The van der Waals surface area contributed by atoms with Gasteiger partial charge in [0.2, 0.25) is 0 Å². The van der Waals surface area contributed by atoms with Gasteiger partial charge in [-0.25, -0.2) is 0 Å². The molecular weight excluding hydrogens is 444 g/mol. The summed E-state index contributed by atoms with van der Waals surface area (Å²) < 4.78 is 12.3. The average molecular weight is 471 g/mol. The largest absolute Gasteiger partial charge is 0.508 e. The third-order valence-electron chi connectivity index (χ3n) is 6.20. The van der Waals surface area contributed by atoms with Gasteiger partial charge in [0.1, 0.15) is 35.7 Å². The first-order chi connectivity index (χ1) is 16.7. The van der Waals surface area contributed by atoms with Crippen molar-refractivity contribution in [3.05, 3.63) is 70.9 Å². The van der Waals surface area contributed by atoms with Gasteiger partial charge in [-0.1, -0.05) is 12.5 Å². The highest BCUT2D eigenvalue weighted by Gasteiger charge is 2.16. The van der Waals surface area contributed by atoms with Crippen LogP contribution in [0.5, 0.6) is 23.0 Å². The van der Waals surface area contributed by atoms with E-state index in [9.17, 15) is 10.4 Å². The first kappa shape index (κ1) is 22.3. The number of likely N-dealkylation sites (tertiary alicyclic amines) is 1. The van der Waals surface area contributed by atoms with Crippen LogP contribution in [-0.4, -0.2) is 36.2 Å². The maximum Gasteiger partial charge on any atom is 0.143 e. The number of aromatic hydroxyl groups is 1. The third kappa shape index (κ3) is 4.86. The van der Waals surface area contributed by atoms with Crippen molar-refractivity contribution in [2.45, 2.75) is 19.3 Å². The van der Waals surface area contributed by atoms with Crippen LogP contribution in [0.3, 0.4) is 0 Å². The minimum Gasteiger partial charge on any atom is -0.508 e. The lowest BCUT2D eigenvalue weighted by molar-refractivity contribution is 0.183. The number of rotatable bonds is 7. The Bertz CT molecular complexity index is 1320. The summed E-state index contributed by atoms with van der Waals surface area (Å²) in [6.45, 7) is 3.95. The summed E-state index contributed by atoms with van der Waals surface area (Å²) in [6.07, 6.45) is 3.90. The Morgan fingerprint density at radius 3 is 2.50 bits per heavy atom. The van der Waals surface area contributed by atoms with Crippen LogP contribution >= 0.6 is 11.3 Å². The van der Waals surface area contributed by atoms with Crippen molar-refractivity contribution in [2.24, 2.45) is 0 Å². The molecule has 0 unspecified atom stereocenters. The van der Waals surface area contributed by atoms with Gasteiger partial charge >= 0.3 is 0 Å². The van der Waals surface area contributed by atoms with Gasteiger partial charge in [0.15, 0.2) is 0 Å². The molecule has 1 aromatic heterocycles. The number of phenolic OH excluding ortho intramolecular Hbond substituents is 1. The molecule has 5 nitrogen and oxygen atoms in total. The van der Waals surface area contributed by atoms with Gasteiger partial charge in [-0.3, -0.25) is 4.90 Å². The molecule has 5 rings (SSSR count). The third-order valence-corrected chi connectivity index (χ3v) is 6.94. The summed E-state index contributed by atoms with van der Waals surface area (Å²) in [4.78, 5) is 2.46. The molecule has 1 saturated heterocycles. The molecular formula is C28H26N2O3S. The number of nitriles is 1. The number of thiophene rings is 1. The van der Waals surface area contributed by atoms with Crippen LogP contribution < -0.4 is 9.47 Å². The van der Waals surface area contributed by atoms with Crippen molar-refractivity contribution >= 4 is 22.1 Å². The summed E-state index contributed by atoms with van der Waals surface area (Å²) >= 11 is 1.49. The van der Waals surface area contributed by atoms with E-state index in [-0.39, 0.29) is 5.75 Å². The molecule has 0 spiro atoms. The summed E-state index contributed by atoms with van der Waals surface area (Å²) in [5.41, 5.74) is 2.30. The highest BCUT2D eigenvalue weighted by molar-refractivity contribution is 7.08. The molecule has 1 aliphatic heterocycles. The minimum atomic E-state index is 0.200. The highest BCUT2D eigenvalue weighted by Crippen LogP contribution is 2.42. The molecule has 3 aromatic carbocycles. The normalized spacial score (nSPS) is 14.1. The van der Waals surface area contributed by atoms with Crippen LogP contribution in [0.2, 0.25) is 0 Å². The monoisotopic (exact) mass is 470 g/mol. The fraction of sp³-hybridized carbons (Fsp3) is 0.250. The zero-order valence-electron chi connectivity index (χ0n) is 18.9. The van der Waals surface area contributed by atoms with Gasteiger partial charge in [-0.2, -0.15) is 16.6 Å². The maximum atomic E-state index is 9.93. The number of hydrogen-bond donors (Lipinski definition) is 1. The van der Waals surface area contributed by atoms with Crippen LogP contribution in [-0.2, 0) is 0 Å². The molecule has 0 bridgehead atoms. The topological polar surface area (TPSA) is 65.7 Å². The fourth-order valence-electron chi connectivity index (χ4n) is 4.40. The molecule has 172 valence electrons. The van der Waals surface area contributed by atoms with Gasteiger partial charge < -0.3 is 14.6 Å². The Balaban J connectivity index is 1.38. The standard InChI is InChI=1S/C28H26N2O3S/c29-17-21-18-34-19-27(21)26-10-4-20-16-22(31)5-11-25(20)28(26)33-24-8-6-23(7-9-24)32-15-14-30-12-2-1-3-13-30/h4-11,16,18-19,31H,1-3,12-15H2. The van der Waals surface area contributed by atoms with Crippen molar-refractivity contribution in [1.82, 2.24) is 4.90 Å². The second-order valence-electron chi connectivity index (χ2n) is 8.48. The minimum absolute atomic E-state index is 0.200. The van der Waals surface area contributed by atoms with E-state index in [2.05, 4.69) is 11.0 Å². The second kappa shape index (κ2) is 10.2. The number of benzene rings is 3. The molecule has 1 N–H and O–H groups in total. The van der Waals surface area contributed by atoms with E-state index in [1.54, 1.807) is 12.1 Å². The predicted octanol–water partition coefficient (Wildman–Crippen LogP) is 6.80. The lowest BCUT2D eigenvalue weighted by Gasteiger charge is -2.26. The van der Waals surface area contributed by atoms with E-state index in [1.807, 2.05) is 53.2 Å². The van der Waals surface area contributed by atoms with Crippen LogP contribution in [0.4, 0.5) is 0 Å². The SMILES string of the molecule is N#Cc1cscc1-c1ccc2cc(O)ccc2c1Oc1ccc(OCCN2CCCCC2)cc1. The van der Waals surface area contributed by atoms with Crippen molar-refractivity contribution in [1.29, 1.82) is 5.26 Å². The number of phenols is 1. The molecule has 0 radical (unpaired) electrons. The van der Waals surface area contributed by atoms with Crippen LogP contribution in [0.25, 0.3) is 21.9 Å². The first-order valence-electron chi connectivity index (χ1n) is 11.6. The smallest absolute Gasteiger partial charge is 0.143 e. The van der Waals surface area contributed by atoms with E-state index in [0.717, 1.165) is 34.2 Å². The average Bonchev–Trinajstić information content (AvgIpc) is 3.34. The second-order valence-corrected chi connectivity index (χ2v) is 9.23. The lowest BCUT2D eigenvalue weighted by atomic mass is 9.99. The Morgan fingerprint density at radius 1 is 0.912 bits per heavy atom. The molecule has 1 aliphatic rings. The number of piperidine rings is 1. The molecule has 0 amide bonds. The summed E-state index contributed by atoms with van der Waals surface area (Å²) in [5.74, 6) is 2.35. The number of fused-ring (bicyclic) bond motifs is 1. The zero-order chi connectivity index (χ0) is 23.3. The van der Waals surface area contributed by atoms with Crippen LogP contribution in [0.15, 0.2) is 65.4 Å². The molecule has 0 saturated carbocycles. The van der Waals surface area contributed by atoms with E-state index in [1.165, 1.54) is 43.7 Å². The molecule has 6 heteroatoms. The number of ether oxygens (including phenoxy) is 2. The molecule has 34 heavy (non-hydrogen) atoms. The lowest BCUT2D eigenvalue weighted by Crippen LogP contribution is -2.33. The van der Waals surface area contributed by atoms with E-state index >= 15 is 0 Å². The van der Waals surface area contributed by atoms with Gasteiger partial charge in [0.05, 0.1) is 5.56 Å².